The van der Waals surface area contributed by atoms with E-state index in [2.05, 4.69) is 17.2 Å². The van der Waals surface area contributed by atoms with E-state index in [1.807, 2.05) is 14.0 Å². The summed E-state index contributed by atoms with van der Waals surface area (Å²) in [5.74, 6) is 4.90. The predicted octanol–water partition coefficient (Wildman–Crippen LogP) is 0.344. The molecule has 0 aliphatic rings. The van der Waals surface area contributed by atoms with Crippen LogP contribution in [0.25, 0.3) is 0 Å². The maximum atomic E-state index is 11.1. The fourth-order valence-electron chi connectivity index (χ4n) is 1.21. The molecule has 0 aliphatic heterocycles. The van der Waals surface area contributed by atoms with Gasteiger partial charge in [0.05, 0.1) is 0 Å². The van der Waals surface area contributed by atoms with Crippen LogP contribution in [0, 0.1) is 5.92 Å². The molecule has 0 saturated heterocycles. The number of nitrogens with two attached hydrogens (primary N) is 1. The van der Waals surface area contributed by atoms with E-state index in [1.165, 1.54) is 12.8 Å². The highest BCUT2D eigenvalue weighted by molar-refractivity contribution is 5.77. The molecule has 13 heavy (non-hydrogen) atoms. The number of nitrogens with one attached hydrogen (secondary N) is 1. The van der Waals surface area contributed by atoms with Crippen molar-refractivity contribution in [1.29, 1.82) is 0 Å². The van der Waals surface area contributed by atoms with Crippen molar-refractivity contribution in [1.82, 2.24) is 10.3 Å². The lowest BCUT2D eigenvalue weighted by atomic mass is 10.1. The monoisotopic (exact) mass is 187 g/mol. The molecule has 0 aliphatic carbocycles. The van der Waals surface area contributed by atoms with E-state index in [9.17, 15) is 4.79 Å². The number of carbonyl (C=O) groups is 1. The summed E-state index contributed by atoms with van der Waals surface area (Å²) >= 11 is 0. The van der Waals surface area contributed by atoms with Crippen molar-refractivity contribution in [3.05, 3.63) is 0 Å². The van der Waals surface area contributed by atoms with Gasteiger partial charge in [-0.3, -0.25) is 10.2 Å². The number of amides is 1. The largest absolute Gasteiger partial charge is 0.306 e. The summed E-state index contributed by atoms with van der Waals surface area (Å²) in [4.78, 5) is 13.2. The Hall–Kier alpha value is -0.610. The molecule has 0 saturated carbocycles. The average molecular weight is 187 g/mol. The van der Waals surface area contributed by atoms with E-state index in [0.29, 0.717) is 0 Å². The van der Waals surface area contributed by atoms with Crippen LogP contribution in [0.5, 0.6) is 0 Å². The Balaban J connectivity index is 3.64. The molecule has 0 heterocycles. The van der Waals surface area contributed by atoms with E-state index in [1.54, 1.807) is 0 Å². The highest BCUT2D eigenvalue weighted by Gasteiger charge is 2.12. The van der Waals surface area contributed by atoms with E-state index >= 15 is 0 Å². The van der Waals surface area contributed by atoms with Crippen molar-refractivity contribution in [3.63, 3.8) is 0 Å². The van der Waals surface area contributed by atoms with E-state index in [0.717, 1.165) is 13.1 Å². The quantitative estimate of drug-likeness (QED) is 0.358. The summed E-state index contributed by atoms with van der Waals surface area (Å²) in [5.41, 5.74) is 2.16. The zero-order valence-electron chi connectivity index (χ0n) is 8.84. The van der Waals surface area contributed by atoms with Crippen LogP contribution in [-0.2, 0) is 4.79 Å². The molecule has 0 spiro atoms. The molecule has 0 aromatic carbocycles. The fourth-order valence-corrected chi connectivity index (χ4v) is 1.21. The molecule has 1 unspecified atom stereocenters. The molecular weight excluding hydrogens is 166 g/mol. The third-order valence-electron chi connectivity index (χ3n) is 2.07. The van der Waals surface area contributed by atoms with Crippen LogP contribution in [0.1, 0.15) is 26.7 Å². The minimum Gasteiger partial charge on any atom is -0.306 e. The van der Waals surface area contributed by atoms with E-state index in [4.69, 9.17) is 5.84 Å². The van der Waals surface area contributed by atoms with Gasteiger partial charge in [0, 0.05) is 12.5 Å². The molecule has 4 nitrogen and oxygen atoms in total. The van der Waals surface area contributed by atoms with Crippen LogP contribution in [0.2, 0.25) is 0 Å². The van der Waals surface area contributed by atoms with Gasteiger partial charge in [-0.25, -0.2) is 5.84 Å². The Morgan fingerprint density at radius 1 is 1.62 bits per heavy atom. The van der Waals surface area contributed by atoms with Gasteiger partial charge in [0.25, 0.3) is 0 Å². The maximum Gasteiger partial charge on any atom is 0.237 e. The van der Waals surface area contributed by atoms with Gasteiger partial charge in [-0.1, -0.05) is 20.3 Å². The Morgan fingerprint density at radius 3 is 2.69 bits per heavy atom. The summed E-state index contributed by atoms with van der Waals surface area (Å²) in [7, 11) is 2.02. The fraction of sp³-hybridized carbons (Fsp3) is 0.889. The third kappa shape index (κ3) is 5.60. The lowest BCUT2D eigenvalue weighted by Crippen LogP contribution is -2.39. The van der Waals surface area contributed by atoms with Gasteiger partial charge in [-0.15, -0.1) is 0 Å². The standard InChI is InChI=1S/C9H21N3O/c1-4-5-6-12(3)7-8(2)9(13)11-10/h8H,4-7,10H2,1-3H3,(H,11,13). The van der Waals surface area contributed by atoms with Crippen LogP contribution in [-0.4, -0.2) is 30.9 Å². The first-order chi connectivity index (χ1) is 6.11. The molecule has 3 N–H and O–H groups in total. The first-order valence-electron chi connectivity index (χ1n) is 4.80. The molecule has 0 bridgehead atoms. The van der Waals surface area contributed by atoms with Gasteiger partial charge in [-0.2, -0.15) is 0 Å². The molecule has 0 rings (SSSR count). The Kier molecular flexibility index (Phi) is 6.54. The molecule has 0 aromatic rings. The maximum absolute atomic E-state index is 11.1. The topological polar surface area (TPSA) is 58.4 Å². The molecule has 4 heteroatoms. The van der Waals surface area contributed by atoms with Gasteiger partial charge in [0.1, 0.15) is 0 Å². The number of rotatable bonds is 6. The van der Waals surface area contributed by atoms with Crippen molar-refractivity contribution in [2.45, 2.75) is 26.7 Å². The summed E-state index contributed by atoms with van der Waals surface area (Å²) in [6.07, 6.45) is 2.36. The van der Waals surface area contributed by atoms with Gasteiger partial charge in [-0.05, 0) is 20.0 Å². The molecule has 0 radical (unpaired) electrons. The van der Waals surface area contributed by atoms with Crippen LogP contribution in [0.3, 0.4) is 0 Å². The van der Waals surface area contributed by atoms with Crippen molar-refractivity contribution in [3.8, 4) is 0 Å². The molecule has 1 atom stereocenters. The highest BCUT2D eigenvalue weighted by Crippen LogP contribution is 1.99. The van der Waals surface area contributed by atoms with Crippen molar-refractivity contribution in [2.24, 2.45) is 11.8 Å². The van der Waals surface area contributed by atoms with Crippen molar-refractivity contribution < 1.29 is 4.79 Å². The second-order valence-corrected chi connectivity index (χ2v) is 3.53. The second-order valence-electron chi connectivity index (χ2n) is 3.53. The summed E-state index contributed by atoms with van der Waals surface area (Å²) < 4.78 is 0. The minimum absolute atomic E-state index is 0.0353. The zero-order chi connectivity index (χ0) is 10.3. The zero-order valence-corrected chi connectivity index (χ0v) is 8.84. The van der Waals surface area contributed by atoms with E-state index < -0.39 is 0 Å². The van der Waals surface area contributed by atoms with Crippen LogP contribution >= 0.6 is 0 Å². The normalized spacial score (nSPS) is 13.0. The van der Waals surface area contributed by atoms with Crippen LogP contribution < -0.4 is 11.3 Å². The number of hydrazine groups is 1. The number of hydrogen-bond donors (Lipinski definition) is 2. The summed E-state index contributed by atoms with van der Waals surface area (Å²) in [6, 6.07) is 0. The minimum atomic E-state index is -0.0941. The van der Waals surface area contributed by atoms with Gasteiger partial charge in [0.2, 0.25) is 5.91 Å². The number of nitrogens with zero attached hydrogens (tertiary/aromatic N) is 1. The predicted molar refractivity (Wildman–Crippen MR) is 53.9 cm³/mol. The first kappa shape index (κ1) is 12.4. The van der Waals surface area contributed by atoms with Gasteiger partial charge >= 0.3 is 0 Å². The summed E-state index contributed by atoms with van der Waals surface area (Å²) in [6.45, 7) is 5.84. The molecule has 0 fully saturated rings. The van der Waals surface area contributed by atoms with Crippen molar-refractivity contribution >= 4 is 5.91 Å². The Bertz CT molecular complexity index is 150. The van der Waals surface area contributed by atoms with Gasteiger partial charge in [0.15, 0.2) is 0 Å². The van der Waals surface area contributed by atoms with E-state index in [-0.39, 0.29) is 11.8 Å². The number of hydrogen-bond acceptors (Lipinski definition) is 3. The Morgan fingerprint density at radius 2 is 2.23 bits per heavy atom. The third-order valence-corrected chi connectivity index (χ3v) is 2.07. The highest BCUT2D eigenvalue weighted by atomic mass is 16.2. The SMILES string of the molecule is CCCCN(C)CC(C)C(=O)NN. The lowest BCUT2D eigenvalue weighted by Gasteiger charge is -2.19. The molecule has 1 amide bonds. The molecule has 0 aromatic heterocycles. The van der Waals surface area contributed by atoms with Crippen molar-refractivity contribution in [2.75, 3.05) is 20.1 Å². The molecule has 78 valence electrons. The first-order valence-corrected chi connectivity index (χ1v) is 4.80. The average Bonchev–Trinajstić information content (AvgIpc) is 2.13. The van der Waals surface area contributed by atoms with Crippen LogP contribution in [0.15, 0.2) is 0 Å². The second kappa shape index (κ2) is 6.86. The lowest BCUT2D eigenvalue weighted by molar-refractivity contribution is -0.125. The number of carbonyl (C=O) groups excluding carboxylic acids is 1. The van der Waals surface area contributed by atoms with Gasteiger partial charge < -0.3 is 4.90 Å². The Labute approximate surface area is 80.4 Å². The van der Waals surface area contributed by atoms with Crippen LogP contribution in [0.4, 0.5) is 0 Å². The molecular formula is C9H21N3O. The summed E-state index contributed by atoms with van der Waals surface area (Å²) in [5, 5.41) is 0. The number of unbranched alkanes of at least 4 members (excludes halogenated alkanes) is 1. The smallest absolute Gasteiger partial charge is 0.237 e.